The standard InChI is InChI=1S/2C19H22BrN3O2/c20-14-7-6-8-15(13-14)22-18(24)11-2-1-3-12-19(25)23-17-10-5-4-9-16(17)21;20-14-10-12-15(13-11-14)22-18(24)8-2-1-3-9-19(25)23-17-7-5-4-6-16(17)21/h4-10,13H,1-3,11-12,21H2,(H,22,24)(H,23,25);4-7,10-13H,1-3,8-9,21H2,(H,22,24)(H,23,25). The Hall–Kier alpha value is -4.68. The molecule has 0 fully saturated rings. The highest BCUT2D eigenvalue weighted by Gasteiger charge is 2.08. The number of anilines is 6. The molecule has 4 aromatic rings. The molecule has 10 nitrogen and oxygen atoms in total. The van der Waals surface area contributed by atoms with Crippen molar-refractivity contribution < 1.29 is 19.2 Å². The number of carbonyl (C=O) groups excluding carboxylic acids is 4. The number of nitrogen functional groups attached to an aromatic ring is 2. The number of unbranched alkanes of at least 4 members (excludes halogenated alkanes) is 4. The topological polar surface area (TPSA) is 168 Å². The predicted octanol–water partition coefficient (Wildman–Crippen LogP) is 9.12. The molecule has 0 aromatic heterocycles. The summed E-state index contributed by atoms with van der Waals surface area (Å²) in [5.74, 6) is -0.142. The first-order chi connectivity index (χ1) is 24.1. The van der Waals surface area contributed by atoms with Crippen molar-refractivity contribution in [3.8, 4) is 0 Å². The van der Waals surface area contributed by atoms with Crippen LogP contribution in [-0.2, 0) is 19.2 Å². The molecule has 0 aliphatic carbocycles. The van der Waals surface area contributed by atoms with E-state index in [9.17, 15) is 19.2 Å². The van der Waals surface area contributed by atoms with Crippen LogP contribution >= 0.6 is 31.9 Å². The van der Waals surface area contributed by atoms with E-state index in [1.807, 2.05) is 72.8 Å². The van der Waals surface area contributed by atoms with Crippen LogP contribution in [-0.4, -0.2) is 23.6 Å². The van der Waals surface area contributed by atoms with E-state index in [4.69, 9.17) is 11.5 Å². The van der Waals surface area contributed by atoms with E-state index in [1.54, 1.807) is 24.3 Å². The summed E-state index contributed by atoms with van der Waals surface area (Å²) < 4.78 is 1.90. The van der Waals surface area contributed by atoms with E-state index in [2.05, 4.69) is 53.1 Å². The van der Waals surface area contributed by atoms with Crippen LogP contribution < -0.4 is 32.7 Å². The van der Waals surface area contributed by atoms with Gasteiger partial charge in [0, 0.05) is 46.0 Å². The second kappa shape index (κ2) is 22.1. The van der Waals surface area contributed by atoms with Gasteiger partial charge in [0.15, 0.2) is 0 Å². The van der Waals surface area contributed by atoms with Crippen molar-refractivity contribution in [2.24, 2.45) is 0 Å². The van der Waals surface area contributed by atoms with Gasteiger partial charge in [0.25, 0.3) is 0 Å². The molecule has 4 aromatic carbocycles. The second-order valence-corrected chi connectivity index (χ2v) is 13.3. The molecular formula is C38H44Br2N6O4. The van der Waals surface area contributed by atoms with Crippen LogP contribution in [0.3, 0.4) is 0 Å². The van der Waals surface area contributed by atoms with Gasteiger partial charge in [0.05, 0.1) is 22.7 Å². The number of nitrogens with one attached hydrogen (secondary N) is 4. The lowest BCUT2D eigenvalue weighted by atomic mass is 10.1. The first kappa shape index (κ1) is 39.8. The maximum atomic E-state index is 11.9. The molecule has 264 valence electrons. The highest BCUT2D eigenvalue weighted by Crippen LogP contribution is 2.20. The third-order valence-electron chi connectivity index (χ3n) is 7.32. The minimum absolute atomic E-state index is 0.0103. The van der Waals surface area contributed by atoms with Gasteiger partial charge < -0.3 is 32.7 Å². The molecule has 0 saturated heterocycles. The average Bonchev–Trinajstić information content (AvgIpc) is 3.08. The number of amides is 4. The summed E-state index contributed by atoms with van der Waals surface area (Å²) >= 11 is 6.72. The summed E-state index contributed by atoms with van der Waals surface area (Å²) in [6.45, 7) is 0. The summed E-state index contributed by atoms with van der Waals surface area (Å²) in [4.78, 5) is 47.5. The Bertz CT molecular complexity index is 1700. The van der Waals surface area contributed by atoms with Gasteiger partial charge in [-0.2, -0.15) is 0 Å². The zero-order valence-electron chi connectivity index (χ0n) is 27.9. The van der Waals surface area contributed by atoms with Gasteiger partial charge in [-0.05, 0) is 92.4 Å². The normalized spacial score (nSPS) is 10.3. The molecule has 0 saturated carbocycles. The Morgan fingerprint density at radius 2 is 0.860 bits per heavy atom. The number of nitrogens with two attached hydrogens (primary N) is 2. The van der Waals surface area contributed by atoms with Gasteiger partial charge in [0.2, 0.25) is 23.6 Å². The van der Waals surface area contributed by atoms with Gasteiger partial charge in [-0.1, -0.05) is 75.0 Å². The highest BCUT2D eigenvalue weighted by atomic mass is 79.9. The molecule has 50 heavy (non-hydrogen) atoms. The Morgan fingerprint density at radius 3 is 1.30 bits per heavy atom. The fourth-order valence-electron chi connectivity index (χ4n) is 4.69. The summed E-state index contributed by atoms with van der Waals surface area (Å²) in [5, 5.41) is 11.3. The first-order valence-corrected chi connectivity index (χ1v) is 18.1. The quantitative estimate of drug-likeness (QED) is 0.0488. The maximum Gasteiger partial charge on any atom is 0.224 e. The SMILES string of the molecule is Nc1ccccc1NC(=O)CCCCCC(=O)Nc1ccc(Br)cc1.Nc1ccccc1NC(=O)CCCCCC(=O)Nc1cccc(Br)c1. The van der Waals surface area contributed by atoms with E-state index in [1.165, 1.54) is 0 Å². The molecule has 4 amide bonds. The van der Waals surface area contributed by atoms with Crippen molar-refractivity contribution in [3.05, 3.63) is 106 Å². The molecule has 8 N–H and O–H groups in total. The minimum atomic E-state index is -0.0588. The lowest BCUT2D eigenvalue weighted by molar-refractivity contribution is -0.117. The molecule has 0 aliphatic heterocycles. The maximum absolute atomic E-state index is 11.9. The molecule has 0 atom stereocenters. The number of carbonyl (C=O) groups is 4. The van der Waals surface area contributed by atoms with Crippen molar-refractivity contribution in [1.29, 1.82) is 0 Å². The molecular weight excluding hydrogens is 764 g/mol. The van der Waals surface area contributed by atoms with Crippen molar-refractivity contribution in [1.82, 2.24) is 0 Å². The summed E-state index contributed by atoms with van der Waals surface area (Å²) in [7, 11) is 0. The summed E-state index contributed by atoms with van der Waals surface area (Å²) in [6, 6.07) is 29.3. The average molecular weight is 809 g/mol. The van der Waals surface area contributed by atoms with Crippen LogP contribution in [0.2, 0.25) is 0 Å². The molecule has 0 aliphatic rings. The van der Waals surface area contributed by atoms with E-state index < -0.39 is 0 Å². The van der Waals surface area contributed by atoms with Crippen molar-refractivity contribution >= 4 is 89.6 Å². The molecule has 0 heterocycles. The number of hydrogen-bond acceptors (Lipinski definition) is 6. The molecule has 0 unspecified atom stereocenters. The predicted molar refractivity (Wildman–Crippen MR) is 211 cm³/mol. The fraction of sp³-hybridized carbons (Fsp3) is 0.263. The Balaban J connectivity index is 0.000000270. The van der Waals surface area contributed by atoms with E-state index in [0.717, 1.165) is 58.8 Å². The second-order valence-electron chi connectivity index (χ2n) is 11.5. The van der Waals surface area contributed by atoms with Crippen molar-refractivity contribution in [2.45, 2.75) is 64.2 Å². The Kier molecular flexibility index (Phi) is 17.6. The molecule has 0 bridgehead atoms. The van der Waals surface area contributed by atoms with Crippen LogP contribution in [0.25, 0.3) is 0 Å². The zero-order valence-corrected chi connectivity index (χ0v) is 31.0. The highest BCUT2D eigenvalue weighted by molar-refractivity contribution is 9.10. The smallest absolute Gasteiger partial charge is 0.224 e. The lowest BCUT2D eigenvalue weighted by Gasteiger charge is -2.08. The van der Waals surface area contributed by atoms with Crippen LogP contribution in [0.5, 0.6) is 0 Å². The van der Waals surface area contributed by atoms with Gasteiger partial charge in [-0.3, -0.25) is 19.2 Å². The number of rotatable bonds is 16. The molecule has 0 radical (unpaired) electrons. The van der Waals surface area contributed by atoms with Crippen LogP contribution in [0.15, 0.2) is 106 Å². The number of hydrogen-bond donors (Lipinski definition) is 6. The van der Waals surface area contributed by atoms with E-state index >= 15 is 0 Å². The van der Waals surface area contributed by atoms with Crippen molar-refractivity contribution in [3.63, 3.8) is 0 Å². The Labute approximate surface area is 310 Å². The molecule has 0 spiro atoms. The van der Waals surface area contributed by atoms with Crippen LogP contribution in [0.1, 0.15) is 64.2 Å². The minimum Gasteiger partial charge on any atom is -0.397 e. The lowest BCUT2D eigenvalue weighted by Crippen LogP contribution is -2.13. The monoisotopic (exact) mass is 806 g/mol. The largest absolute Gasteiger partial charge is 0.397 e. The number of benzene rings is 4. The van der Waals surface area contributed by atoms with Gasteiger partial charge in [-0.15, -0.1) is 0 Å². The first-order valence-electron chi connectivity index (χ1n) is 16.5. The molecule has 12 heteroatoms. The zero-order chi connectivity index (χ0) is 36.1. The van der Waals surface area contributed by atoms with Crippen molar-refractivity contribution in [2.75, 3.05) is 32.7 Å². The van der Waals surface area contributed by atoms with Gasteiger partial charge in [0.1, 0.15) is 0 Å². The number of halogens is 2. The van der Waals surface area contributed by atoms with E-state index in [0.29, 0.717) is 48.4 Å². The van der Waals surface area contributed by atoms with Gasteiger partial charge >= 0.3 is 0 Å². The van der Waals surface area contributed by atoms with E-state index in [-0.39, 0.29) is 23.6 Å². The number of para-hydroxylation sites is 4. The molecule has 4 rings (SSSR count). The third-order valence-corrected chi connectivity index (χ3v) is 8.34. The summed E-state index contributed by atoms with van der Waals surface area (Å²) in [6.07, 6.45) is 6.36. The fourth-order valence-corrected chi connectivity index (χ4v) is 5.35. The van der Waals surface area contributed by atoms with Crippen LogP contribution in [0, 0.1) is 0 Å². The van der Waals surface area contributed by atoms with Crippen LogP contribution in [0.4, 0.5) is 34.1 Å². The summed E-state index contributed by atoms with van der Waals surface area (Å²) in [5.41, 5.74) is 15.5. The Morgan fingerprint density at radius 1 is 0.440 bits per heavy atom. The third kappa shape index (κ3) is 16.1. The van der Waals surface area contributed by atoms with Gasteiger partial charge in [-0.25, -0.2) is 0 Å².